The standard InChI is InChI=1S/C26H26N2O7/c1-31-19-9-8-15(27)11-17(19)26(30)28-16-7-5-6-14(10-16)20-12-18(29)23-21(35-20)13-22(32-2)24(33-3)25(23)34-4/h5-11,13,20H,12,27H2,1-4H3,(H,28,30). The Morgan fingerprint density at radius 2 is 1.69 bits per heavy atom. The second-order valence-corrected chi connectivity index (χ2v) is 7.79. The number of nitrogens with one attached hydrogen (secondary N) is 1. The number of anilines is 2. The van der Waals surface area contributed by atoms with Crippen LogP contribution >= 0.6 is 0 Å². The summed E-state index contributed by atoms with van der Waals surface area (Å²) in [5.41, 5.74) is 8.14. The van der Waals surface area contributed by atoms with Gasteiger partial charge in [-0.25, -0.2) is 0 Å². The minimum absolute atomic E-state index is 0.0826. The van der Waals surface area contributed by atoms with Gasteiger partial charge in [0, 0.05) is 17.4 Å². The van der Waals surface area contributed by atoms with E-state index in [-0.39, 0.29) is 23.9 Å². The summed E-state index contributed by atoms with van der Waals surface area (Å²) in [7, 11) is 5.91. The minimum Gasteiger partial charge on any atom is -0.496 e. The van der Waals surface area contributed by atoms with Crippen molar-refractivity contribution in [1.29, 1.82) is 0 Å². The minimum atomic E-state index is -0.573. The van der Waals surface area contributed by atoms with Gasteiger partial charge in [0.15, 0.2) is 17.3 Å². The normalized spacial score (nSPS) is 14.4. The van der Waals surface area contributed by atoms with E-state index in [1.54, 1.807) is 42.5 Å². The van der Waals surface area contributed by atoms with Gasteiger partial charge in [0.05, 0.1) is 40.4 Å². The summed E-state index contributed by atoms with van der Waals surface area (Å²) in [6.07, 6.45) is -0.490. The number of nitrogen functional groups attached to an aromatic ring is 1. The number of carbonyl (C=O) groups excluding carboxylic acids is 2. The number of fused-ring (bicyclic) bond motifs is 1. The number of amides is 1. The fourth-order valence-electron chi connectivity index (χ4n) is 4.06. The van der Waals surface area contributed by atoms with Gasteiger partial charge in [-0.1, -0.05) is 12.1 Å². The quantitative estimate of drug-likeness (QED) is 0.484. The van der Waals surface area contributed by atoms with Crippen molar-refractivity contribution >= 4 is 23.1 Å². The van der Waals surface area contributed by atoms with Crippen molar-refractivity contribution < 1.29 is 33.3 Å². The summed E-state index contributed by atoms with van der Waals surface area (Å²) in [6.45, 7) is 0. The number of methoxy groups -OCH3 is 4. The van der Waals surface area contributed by atoms with E-state index < -0.39 is 6.10 Å². The molecule has 182 valence electrons. The summed E-state index contributed by atoms with van der Waals surface area (Å²) in [5.74, 6) is 1.18. The molecule has 1 amide bonds. The van der Waals surface area contributed by atoms with Gasteiger partial charge in [-0.2, -0.15) is 0 Å². The molecule has 35 heavy (non-hydrogen) atoms. The number of carbonyl (C=O) groups is 2. The van der Waals surface area contributed by atoms with Crippen LogP contribution in [0, 0.1) is 0 Å². The van der Waals surface area contributed by atoms with E-state index in [9.17, 15) is 9.59 Å². The number of Topliss-reactive ketones (excluding diaryl/α,β-unsaturated/α-hetero) is 1. The molecule has 0 aromatic heterocycles. The van der Waals surface area contributed by atoms with Crippen molar-refractivity contribution in [1.82, 2.24) is 0 Å². The van der Waals surface area contributed by atoms with Crippen LogP contribution in [-0.2, 0) is 0 Å². The molecule has 0 radical (unpaired) electrons. The average Bonchev–Trinajstić information content (AvgIpc) is 2.87. The number of rotatable bonds is 7. The Kier molecular flexibility index (Phi) is 6.68. The number of ether oxygens (including phenoxy) is 5. The summed E-state index contributed by atoms with van der Waals surface area (Å²) in [4.78, 5) is 26.0. The first-order valence-electron chi connectivity index (χ1n) is 10.8. The van der Waals surface area contributed by atoms with Crippen LogP contribution in [0.1, 0.15) is 38.8 Å². The summed E-state index contributed by atoms with van der Waals surface area (Å²) < 4.78 is 27.7. The van der Waals surface area contributed by atoms with E-state index in [1.165, 1.54) is 28.4 Å². The lowest BCUT2D eigenvalue weighted by molar-refractivity contribution is 0.0842. The van der Waals surface area contributed by atoms with Crippen LogP contribution in [0.3, 0.4) is 0 Å². The van der Waals surface area contributed by atoms with Crippen LogP contribution in [-0.4, -0.2) is 40.1 Å². The fourth-order valence-corrected chi connectivity index (χ4v) is 4.06. The molecular weight excluding hydrogens is 452 g/mol. The molecular formula is C26H26N2O7. The fraction of sp³-hybridized carbons (Fsp3) is 0.231. The third-order valence-electron chi connectivity index (χ3n) is 5.70. The molecule has 1 atom stereocenters. The van der Waals surface area contributed by atoms with E-state index in [0.29, 0.717) is 45.5 Å². The molecule has 1 aliphatic heterocycles. The zero-order valence-corrected chi connectivity index (χ0v) is 19.8. The number of hydrogen-bond donors (Lipinski definition) is 2. The predicted octanol–water partition coefficient (Wildman–Crippen LogP) is 4.26. The molecule has 1 unspecified atom stereocenters. The molecule has 1 aliphatic rings. The number of nitrogens with two attached hydrogens (primary N) is 1. The molecule has 9 nitrogen and oxygen atoms in total. The Hall–Kier alpha value is -4.40. The highest BCUT2D eigenvalue weighted by atomic mass is 16.5. The van der Waals surface area contributed by atoms with Gasteiger partial charge in [0.1, 0.15) is 23.2 Å². The molecule has 0 saturated heterocycles. The SMILES string of the molecule is COc1ccc(N)cc1C(=O)Nc1cccc(C2CC(=O)c3c(cc(OC)c(OC)c3OC)O2)c1. The second-order valence-electron chi connectivity index (χ2n) is 7.79. The van der Waals surface area contributed by atoms with Crippen molar-refractivity contribution in [3.05, 3.63) is 65.2 Å². The molecule has 0 bridgehead atoms. The van der Waals surface area contributed by atoms with Crippen LogP contribution in [0.15, 0.2) is 48.5 Å². The van der Waals surface area contributed by atoms with Gasteiger partial charge < -0.3 is 34.7 Å². The third-order valence-corrected chi connectivity index (χ3v) is 5.70. The van der Waals surface area contributed by atoms with Crippen LogP contribution in [0.25, 0.3) is 0 Å². The Bertz CT molecular complexity index is 1290. The number of ketones is 1. The Morgan fingerprint density at radius 3 is 2.37 bits per heavy atom. The molecule has 1 heterocycles. The smallest absolute Gasteiger partial charge is 0.259 e. The third kappa shape index (κ3) is 4.52. The largest absolute Gasteiger partial charge is 0.496 e. The van der Waals surface area contributed by atoms with Gasteiger partial charge in [-0.05, 0) is 35.9 Å². The van der Waals surface area contributed by atoms with Gasteiger partial charge in [0.2, 0.25) is 5.75 Å². The molecule has 3 aromatic rings. The lowest BCUT2D eigenvalue weighted by Crippen LogP contribution is -2.22. The van der Waals surface area contributed by atoms with Crippen molar-refractivity contribution in [2.24, 2.45) is 0 Å². The summed E-state index contributed by atoms with van der Waals surface area (Å²) >= 11 is 0. The molecule has 9 heteroatoms. The average molecular weight is 479 g/mol. The summed E-state index contributed by atoms with van der Waals surface area (Å²) in [5, 5.41) is 2.85. The van der Waals surface area contributed by atoms with E-state index in [4.69, 9.17) is 29.4 Å². The summed E-state index contributed by atoms with van der Waals surface area (Å²) in [6, 6.07) is 13.6. The predicted molar refractivity (Wildman–Crippen MR) is 130 cm³/mol. The van der Waals surface area contributed by atoms with Gasteiger partial charge >= 0.3 is 0 Å². The van der Waals surface area contributed by atoms with Crippen molar-refractivity contribution in [2.75, 3.05) is 39.5 Å². The lowest BCUT2D eigenvalue weighted by atomic mass is 9.94. The highest BCUT2D eigenvalue weighted by Crippen LogP contribution is 2.49. The van der Waals surface area contributed by atoms with Crippen LogP contribution < -0.4 is 34.7 Å². The van der Waals surface area contributed by atoms with Crippen LogP contribution in [0.4, 0.5) is 11.4 Å². The molecule has 3 N–H and O–H groups in total. The maximum absolute atomic E-state index is 13.1. The maximum atomic E-state index is 13.1. The second kappa shape index (κ2) is 9.84. The topological polar surface area (TPSA) is 118 Å². The molecule has 0 saturated carbocycles. The number of hydrogen-bond acceptors (Lipinski definition) is 8. The molecule has 4 rings (SSSR count). The first-order valence-corrected chi connectivity index (χ1v) is 10.8. The molecule has 0 fully saturated rings. The van der Waals surface area contributed by atoms with E-state index in [2.05, 4.69) is 5.32 Å². The zero-order chi connectivity index (χ0) is 25.1. The first kappa shape index (κ1) is 23.7. The zero-order valence-electron chi connectivity index (χ0n) is 19.8. The van der Waals surface area contributed by atoms with Gasteiger partial charge in [-0.15, -0.1) is 0 Å². The van der Waals surface area contributed by atoms with E-state index in [1.807, 2.05) is 6.07 Å². The van der Waals surface area contributed by atoms with Gasteiger partial charge in [-0.3, -0.25) is 9.59 Å². The molecule has 0 aliphatic carbocycles. The van der Waals surface area contributed by atoms with Gasteiger partial charge in [0.25, 0.3) is 5.91 Å². The molecule has 3 aromatic carbocycles. The number of benzene rings is 3. The molecule has 0 spiro atoms. The highest BCUT2D eigenvalue weighted by Gasteiger charge is 2.34. The van der Waals surface area contributed by atoms with Crippen LogP contribution in [0.2, 0.25) is 0 Å². The van der Waals surface area contributed by atoms with Crippen molar-refractivity contribution in [3.8, 4) is 28.7 Å². The maximum Gasteiger partial charge on any atom is 0.259 e. The van der Waals surface area contributed by atoms with E-state index in [0.717, 1.165) is 5.56 Å². The monoisotopic (exact) mass is 478 g/mol. The lowest BCUT2D eigenvalue weighted by Gasteiger charge is -2.28. The van der Waals surface area contributed by atoms with E-state index >= 15 is 0 Å². The van der Waals surface area contributed by atoms with Crippen molar-refractivity contribution in [2.45, 2.75) is 12.5 Å². The van der Waals surface area contributed by atoms with Crippen molar-refractivity contribution in [3.63, 3.8) is 0 Å². The Balaban J connectivity index is 1.62. The Morgan fingerprint density at radius 1 is 0.943 bits per heavy atom. The Labute approximate surface area is 202 Å². The highest BCUT2D eigenvalue weighted by molar-refractivity contribution is 6.07. The first-order chi connectivity index (χ1) is 16.9. The van der Waals surface area contributed by atoms with Crippen LogP contribution in [0.5, 0.6) is 28.7 Å².